The van der Waals surface area contributed by atoms with Crippen molar-refractivity contribution in [3.05, 3.63) is 33.8 Å². The van der Waals surface area contributed by atoms with Crippen LogP contribution < -0.4 is 5.32 Å². The van der Waals surface area contributed by atoms with Crippen molar-refractivity contribution in [2.75, 3.05) is 6.54 Å². The first-order valence-electron chi connectivity index (χ1n) is 7.12. The third kappa shape index (κ3) is 7.16. The Hall–Kier alpha value is -0.770. The molecule has 0 saturated carbocycles. The lowest BCUT2D eigenvalue weighted by atomic mass is 9.94. The van der Waals surface area contributed by atoms with Gasteiger partial charge in [-0.2, -0.15) is 0 Å². The normalized spacial score (nSPS) is 14.0. The summed E-state index contributed by atoms with van der Waals surface area (Å²) >= 11 is 11.9. The molecule has 1 amide bonds. The van der Waals surface area contributed by atoms with Crippen LogP contribution >= 0.6 is 23.2 Å². The Balaban J connectivity index is 2.41. The van der Waals surface area contributed by atoms with Crippen LogP contribution in [0.15, 0.2) is 18.2 Å². The molecule has 0 aliphatic rings. The van der Waals surface area contributed by atoms with Crippen LogP contribution in [0.5, 0.6) is 0 Å². The molecule has 0 heterocycles. The third-order valence-corrected chi connectivity index (χ3v) is 3.74. The van der Waals surface area contributed by atoms with Gasteiger partial charge in [-0.1, -0.05) is 43.1 Å². The van der Waals surface area contributed by atoms with Gasteiger partial charge in [0, 0.05) is 23.0 Å². The molecule has 1 aromatic carbocycles. The Morgan fingerprint density at radius 2 is 2.05 bits per heavy atom. The van der Waals surface area contributed by atoms with Crippen LogP contribution in [0.3, 0.4) is 0 Å². The molecular weight excluding hydrogens is 309 g/mol. The van der Waals surface area contributed by atoms with E-state index in [2.05, 4.69) is 5.32 Å². The molecule has 0 aliphatic carbocycles. The maximum absolute atomic E-state index is 11.8. The highest BCUT2D eigenvalue weighted by molar-refractivity contribution is 6.35. The van der Waals surface area contributed by atoms with E-state index in [1.807, 2.05) is 19.9 Å². The van der Waals surface area contributed by atoms with Gasteiger partial charge in [-0.3, -0.25) is 4.79 Å². The van der Waals surface area contributed by atoms with E-state index >= 15 is 0 Å². The summed E-state index contributed by atoms with van der Waals surface area (Å²) in [6.45, 7) is 6.08. The van der Waals surface area contributed by atoms with Crippen molar-refractivity contribution in [3.63, 3.8) is 0 Å². The standard InChI is InChI=1S/C16H23Cl2NO2/c1-11(2)9-16(3,21)10-19-15(20)7-5-12-4-6-13(17)8-14(12)18/h4,6,8,11,21H,5,7,9-10H2,1-3H3,(H,19,20). The van der Waals surface area contributed by atoms with Gasteiger partial charge in [0.1, 0.15) is 0 Å². The smallest absolute Gasteiger partial charge is 0.220 e. The molecule has 5 heteroatoms. The summed E-state index contributed by atoms with van der Waals surface area (Å²) in [6, 6.07) is 5.25. The number of carbonyl (C=O) groups excluding carboxylic acids is 1. The minimum absolute atomic E-state index is 0.0925. The van der Waals surface area contributed by atoms with Crippen molar-refractivity contribution in [2.24, 2.45) is 5.92 Å². The maximum Gasteiger partial charge on any atom is 0.220 e. The van der Waals surface area contributed by atoms with Crippen molar-refractivity contribution in [1.82, 2.24) is 5.32 Å². The number of hydrogen-bond acceptors (Lipinski definition) is 2. The third-order valence-electron chi connectivity index (χ3n) is 3.15. The molecule has 21 heavy (non-hydrogen) atoms. The van der Waals surface area contributed by atoms with Gasteiger partial charge >= 0.3 is 0 Å². The van der Waals surface area contributed by atoms with Gasteiger partial charge in [0.15, 0.2) is 0 Å². The molecule has 1 rings (SSSR count). The lowest BCUT2D eigenvalue weighted by Gasteiger charge is -2.25. The second kappa shape index (κ2) is 8.02. The summed E-state index contributed by atoms with van der Waals surface area (Å²) < 4.78 is 0. The molecule has 2 N–H and O–H groups in total. The van der Waals surface area contributed by atoms with E-state index in [1.54, 1.807) is 19.1 Å². The molecule has 118 valence electrons. The second-order valence-corrected chi connectivity index (χ2v) is 6.95. The molecule has 1 aromatic rings. The molecule has 0 fully saturated rings. The van der Waals surface area contributed by atoms with Crippen LogP contribution in [0.4, 0.5) is 0 Å². The highest BCUT2D eigenvalue weighted by atomic mass is 35.5. The number of benzene rings is 1. The van der Waals surface area contributed by atoms with E-state index in [4.69, 9.17) is 23.2 Å². The van der Waals surface area contributed by atoms with E-state index in [0.29, 0.717) is 35.2 Å². The lowest BCUT2D eigenvalue weighted by molar-refractivity contribution is -0.122. The molecule has 0 bridgehead atoms. The van der Waals surface area contributed by atoms with E-state index in [1.165, 1.54) is 0 Å². The predicted molar refractivity (Wildman–Crippen MR) is 87.9 cm³/mol. The van der Waals surface area contributed by atoms with E-state index in [-0.39, 0.29) is 12.5 Å². The topological polar surface area (TPSA) is 49.3 Å². The molecule has 0 radical (unpaired) electrons. The van der Waals surface area contributed by atoms with Crippen LogP contribution in [0.2, 0.25) is 10.0 Å². The van der Waals surface area contributed by atoms with Gasteiger partial charge in [-0.15, -0.1) is 0 Å². The number of carbonyl (C=O) groups is 1. The van der Waals surface area contributed by atoms with Crippen molar-refractivity contribution < 1.29 is 9.90 Å². The van der Waals surface area contributed by atoms with Crippen LogP contribution in [-0.2, 0) is 11.2 Å². The van der Waals surface area contributed by atoms with Crippen molar-refractivity contribution in [1.29, 1.82) is 0 Å². The summed E-state index contributed by atoms with van der Waals surface area (Å²) in [6.07, 6.45) is 1.53. The number of aliphatic hydroxyl groups is 1. The van der Waals surface area contributed by atoms with Gasteiger partial charge in [0.2, 0.25) is 5.91 Å². The lowest BCUT2D eigenvalue weighted by Crippen LogP contribution is -2.41. The molecular formula is C16H23Cl2NO2. The van der Waals surface area contributed by atoms with Crippen LogP contribution in [0.25, 0.3) is 0 Å². The number of amides is 1. The van der Waals surface area contributed by atoms with Crippen molar-refractivity contribution >= 4 is 29.1 Å². The average Bonchev–Trinajstić information content (AvgIpc) is 2.34. The fourth-order valence-corrected chi connectivity index (χ4v) is 2.80. The Morgan fingerprint density at radius 1 is 1.38 bits per heavy atom. The predicted octanol–water partition coefficient (Wildman–Crippen LogP) is 3.84. The zero-order valence-corrected chi connectivity index (χ0v) is 14.3. The van der Waals surface area contributed by atoms with Crippen LogP contribution in [-0.4, -0.2) is 23.2 Å². The Bertz CT molecular complexity index is 487. The second-order valence-electron chi connectivity index (χ2n) is 6.11. The molecule has 0 aromatic heterocycles. The molecule has 3 nitrogen and oxygen atoms in total. The largest absolute Gasteiger partial charge is 0.388 e. The first kappa shape index (κ1) is 18.3. The van der Waals surface area contributed by atoms with Gasteiger partial charge in [-0.05, 0) is 43.4 Å². The highest BCUT2D eigenvalue weighted by Gasteiger charge is 2.22. The van der Waals surface area contributed by atoms with Crippen LogP contribution in [0, 0.1) is 5.92 Å². The molecule has 0 spiro atoms. The first-order chi connectivity index (χ1) is 9.69. The zero-order chi connectivity index (χ0) is 16.0. The summed E-state index contributed by atoms with van der Waals surface area (Å²) in [5, 5.41) is 14.1. The van der Waals surface area contributed by atoms with Crippen molar-refractivity contribution in [2.45, 2.75) is 45.6 Å². The average molecular weight is 332 g/mol. The fourth-order valence-electron chi connectivity index (χ4n) is 2.30. The minimum Gasteiger partial charge on any atom is -0.388 e. The number of hydrogen-bond donors (Lipinski definition) is 2. The molecule has 1 unspecified atom stereocenters. The van der Waals surface area contributed by atoms with Gasteiger partial charge < -0.3 is 10.4 Å². The highest BCUT2D eigenvalue weighted by Crippen LogP contribution is 2.22. The van der Waals surface area contributed by atoms with E-state index in [0.717, 1.165) is 5.56 Å². The Kier molecular flexibility index (Phi) is 6.98. The minimum atomic E-state index is -0.873. The van der Waals surface area contributed by atoms with E-state index < -0.39 is 5.60 Å². The summed E-state index contributed by atoms with van der Waals surface area (Å²) in [4.78, 5) is 11.8. The van der Waals surface area contributed by atoms with Crippen molar-refractivity contribution in [3.8, 4) is 0 Å². The zero-order valence-electron chi connectivity index (χ0n) is 12.7. The number of rotatable bonds is 7. The van der Waals surface area contributed by atoms with Crippen LogP contribution in [0.1, 0.15) is 39.2 Å². The quantitative estimate of drug-likeness (QED) is 0.797. The number of aryl methyl sites for hydroxylation is 1. The van der Waals surface area contributed by atoms with Gasteiger partial charge in [0.25, 0.3) is 0 Å². The van der Waals surface area contributed by atoms with E-state index in [9.17, 15) is 9.90 Å². The summed E-state index contributed by atoms with van der Waals surface area (Å²) in [7, 11) is 0. The van der Waals surface area contributed by atoms with Gasteiger partial charge in [0.05, 0.1) is 5.60 Å². The number of halogens is 2. The first-order valence-corrected chi connectivity index (χ1v) is 7.88. The molecule has 0 saturated heterocycles. The number of nitrogens with one attached hydrogen (secondary N) is 1. The Labute approximate surface area is 136 Å². The fraction of sp³-hybridized carbons (Fsp3) is 0.562. The summed E-state index contributed by atoms with van der Waals surface area (Å²) in [5.41, 5.74) is 0.0204. The molecule has 0 aliphatic heterocycles. The maximum atomic E-state index is 11.8. The Morgan fingerprint density at radius 3 is 2.62 bits per heavy atom. The molecule has 1 atom stereocenters. The monoisotopic (exact) mass is 331 g/mol. The SMILES string of the molecule is CC(C)CC(C)(O)CNC(=O)CCc1ccc(Cl)cc1Cl. The summed E-state index contributed by atoms with van der Waals surface area (Å²) in [5.74, 6) is 0.287. The van der Waals surface area contributed by atoms with Gasteiger partial charge in [-0.25, -0.2) is 0 Å².